The molecule has 0 aliphatic rings. The molecule has 0 saturated carbocycles. The SMILES string of the molecule is O=C(O)c1cn(Cc2ccccc2)c(C(=O)O)c1OCc1ccc(Cl)c(Cl)c1. The molecule has 0 aliphatic heterocycles. The molecule has 1 aromatic heterocycles. The summed E-state index contributed by atoms with van der Waals surface area (Å²) in [6.07, 6.45) is 1.27. The maximum absolute atomic E-state index is 11.8. The van der Waals surface area contributed by atoms with Gasteiger partial charge in [0, 0.05) is 12.7 Å². The molecule has 1 heterocycles. The summed E-state index contributed by atoms with van der Waals surface area (Å²) >= 11 is 11.9. The lowest BCUT2D eigenvalue weighted by Crippen LogP contribution is -2.11. The van der Waals surface area contributed by atoms with Crippen molar-refractivity contribution >= 4 is 35.1 Å². The van der Waals surface area contributed by atoms with E-state index in [0.29, 0.717) is 15.6 Å². The molecule has 3 rings (SSSR count). The van der Waals surface area contributed by atoms with E-state index in [2.05, 4.69) is 0 Å². The van der Waals surface area contributed by atoms with E-state index in [0.717, 1.165) is 5.56 Å². The summed E-state index contributed by atoms with van der Waals surface area (Å²) in [4.78, 5) is 23.5. The van der Waals surface area contributed by atoms with Crippen LogP contribution in [-0.4, -0.2) is 26.7 Å². The summed E-state index contributed by atoms with van der Waals surface area (Å²) in [5, 5.41) is 19.9. The zero-order valence-electron chi connectivity index (χ0n) is 14.4. The topological polar surface area (TPSA) is 88.8 Å². The average Bonchev–Trinajstić information content (AvgIpc) is 3.02. The molecule has 0 atom stereocenters. The van der Waals surface area contributed by atoms with Crippen molar-refractivity contribution < 1.29 is 24.5 Å². The Morgan fingerprint density at radius 1 is 0.929 bits per heavy atom. The summed E-state index contributed by atoms with van der Waals surface area (Å²) in [5.41, 5.74) is 0.987. The summed E-state index contributed by atoms with van der Waals surface area (Å²) < 4.78 is 6.96. The van der Waals surface area contributed by atoms with Gasteiger partial charge in [0.1, 0.15) is 12.2 Å². The summed E-state index contributed by atoms with van der Waals surface area (Å²) in [6.45, 7) is 0.131. The smallest absolute Gasteiger partial charge is 0.356 e. The third kappa shape index (κ3) is 4.30. The van der Waals surface area contributed by atoms with Crippen molar-refractivity contribution in [2.75, 3.05) is 0 Å². The second-order valence-electron chi connectivity index (χ2n) is 5.98. The van der Waals surface area contributed by atoms with Gasteiger partial charge in [-0.15, -0.1) is 0 Å². The number of benzene rings is 2. The molecular formula is C20H15Cl2NO5. The van der Waals surface area contributed by atoms with Crippen molar-refractivity contribution in [2.45, 2.75) is 13.2 Å². The maximum atomic E-state index is 11.8. The Bertz CT molecular complexity index is 1030. The number of aromatic nitrogens is 1. The number of carbonyl (C=O) groups is 2. The minimum absolute atomic E-state index is 0.0627. The molecule has 6 nitrogen and oxygen atoms in total. The fourth-order valence-electron chi connectivity index (χ4n) is 2.75. The van der Waals surface area contributed by atoms with Crippen molar-refractivity contribution in [3.63, 3.8) is 0 Å². The van der Waals surface area contributed by atoms with Crippen molar-refractivity contribution in [2.24, 2.45) is 0 Å². The molecule has 3 aromatic rings. The zero-order valence-corrected chi connectivity index (χ0v) is 15.9. The Morgan fingerprint density at radius 2 is 1.64 bits per heavy atom. The van der Waals surface area contributed by atoms with Crippen LogP contribution in [0.5, 0.6) is 5.75 Å². The molecule has 2 N–H and O–H groups in total. The molecule has 0 spiro atoms. The molecule has 0 saturated heterocycles. The molecule has 2 aromatic carbocycles. The monoisotopic (exact) mass is 419 g/mol. The molecule has 0 amide bonds. The Kier molecular flexibility index (Phi) is 5.92. The average molecular weight is 420 g/mol. The molecule has 28 heavy (non-hydrogen) atoms. The number of carboxylic acids is 2. The number of aromatic carboxylic acids is 2. The first-order valence-electron chi connectivity index (χ1n) is 8.17. The van der Waals surface area contributed by atoms with Gasteiger partial charge in [0.2, 0.25) is 0 Å². The minimum atomic E-state index is -1.28. The number of hydrogen-bond donors (Lipinski definition) is 2. The zero-order chi connectivity index (χ0) is 20.3. The number of hydrogen-bond acceptors (Lipinski definition) is 3. The summed E-state index contributed by atoms with van der Waals surface area (Å²) in [6, 6.07) is 13.9. The van der Waals surface area contributed by atoms with Crippen LogP contribution in [0.25, 0.3) is 0 Å². The molecule has 144 valence electrons. The first-order valence-corrected chi connectivity index (χ1v) is 8.92. The molecule has 8 heteroatoms. The Hall–Kier alpha value is -2.96. The highest BCUT2D eigenvalue weighted by Crippen LogP contribution is 2.30. The minimum Gasteiger partial charge on any atom is -0.485 e. The van der Waals surface area contributed by atoms with Crippen LogP contribution in [0.3, 0.4) is 0 Å². The van der Waals surface area contributed by atoms with E-state index in [1.807, 2.05) is 30.3 Å². The molecule has 0 radical (unpaired) electrons. The second-order valence-corrected chi connectivity index (χ2v) is 6.80. The van der Waals surface area contributed by atoms with Gasteiger partial charge in [-0.1, -0.05) is 59.6 Å². The van der Waals surface area contributed by atoms with E-state index in [1.165, 1.54) is 10.8 Å². The van der Waals surface area contributed by atoms with Crippen molar-refractivity contribution in [3.05, 3.63) is 87.2 Å². The summed E-state index contributed by atoms with van der Waals surface area (Å²) in [7, 11) is 0. The van der Waals surface area contributed by atoms with E-state index >= 15 is 0 Å². The number of ether oxygens (including phenoxy) is 1. The normalized spacial score (nSPS) is 10.6. The van der Waals surface area contributed by atoms with Crippen molar-refractivity contribution in [3.8, 4) is 5.75 Å². The predicted molar refractivity (Wildman–Crippen MR) is 105 cm³/mol. The van der Waals surface area contributed by atoms with Crippen LogP contribution in [0.2, 0.25) is 10.0 Å². The molecule has 0 unspecified atom stereocenters. The van der Waals surface area contributed by atoms with Crippen LogP contribution < -0.4 is 4.74 Å². The fourth-order valence-corrected chi connectivity index (χ4v) is 3.07. The molecule has 0 aliphatic carbocycles. The van der Waals surface area contributed by atoms with Gasteiger partial charge >= 0.3 is 11.9 Å². The largest absolute Gasteiger partial charge is 0.485 e. The molecule has 0 fully saturated rings. The third-order valence-corrected chi connectivity index (χ3v) is 4.77. The van der Waals surface area contributed by atoms with E-state index < -0.39 is 11.9 Å². The lowest BCUT2D eigenvalue weighted by atomic mass is 10.2. The quantitative estimate of drug-likeness (QED) is 0.572. The number of carboxylic acid groups (broad SMARTS) is 2. The highest BCUT2D eigenvalue weighted by Gasteiger charge is 2.27. The van der Waals surface area contributed by atoms with E-state index in [4.69, 9.17) is 27.9 Å². The third-order valence-electron chi connectivity index (χ3n) is 4.03. The Morgan fingerprint density at radius 3 is 2.25 bits per heavy atom. The predicted octanol–water partition coefficient (Wildman–Crippen LogP) is 4.82. The van der Waals surface area contributed by atoms with Crippen LogP contribution >= 0.6 is 23.2 Å². The van der Waals surface area contributed by atoms with Crippen LogP contribution in [-0.2, 0) is 13.2 Å². The Labute approximate surface area is 170 Å². The van der Waals surface area contributed by atoms with Gasteiger partial charge in [-0.2, -0.15) is 0 Å². The van der Waals surface area contributed by atoms with E-state index in [1.54, 1.807) is 18.2 Å². The van der Waals surface area contributed by atoms with Gasteiger partial charge < -0.3 is 19.5 Å². The lowest BCUT2D eigenvalue weighted by molar-refractivity contribution is 0.0680. The first-order chi connectivity index (χ1) is 13.4. The molecule has 0 bridgehead atoms. The Balaban J connectivity index is 1.96. The van der Waals surface area contributed by atoms with Gasteiger partial charge in [-0.25, -0.2) is 9.59 Å². The van der Waals surface area contributed by atoms with Crippen LogP contribution in [0, 0.1) is 0 Å². The number of halogens is 2. The lowest BCUT2D eigenvalue weighted by Gasteiger charge is -2.10. The standard InChI is InChI=1S/C20H15Cl2NO5/c21-15-7-6-13(8-16(15)22)11-28-18-14(19(24)25)10-23(17(18)20(26)27)9-12-4-2-1-3-5-12/h1-8,10H,9,11H2,(H,24,25)(H,26,27). The number of nitrogens with zero attached hydrogens (tertiary/aromatic N) is 1. The van der Waals surface area contributed by atoms with Gasteiger partial charge in [0.15, 0.2) is 11.4 Å². The first kappa shape index (κ1) is 19.8. The van der Waals surface area contributed by atoms with Crippen LogP contribution in [0.15, 0.2) is 54.7 Å². The molecular weight excluding hydrogens is 405 g/mol. The van der Waals surface area contributed by atoms with Gasteiger partial charge in [-0.05, 0) is 23.3 Å². The highest BCUT2D eigenvalue weighted by atomic mass is 35.5. The second kappa shape index (κ2) is 8.37. The highest BCUT2D eigenvalue weighted by molar-refractivity contribution is 6.42. The van der Waals surface area contributed by atoms with Gasteiger partial charge in [0.25, 0.3) is 0 Å². The van der Waals surface area contributed by atoms with Crippen LogP contribution in [0.1, 0.15) is 32.0 Å². The van der Waals surface area contributed by atoms with Crippen LogP contribution in [0.4, 0.5) is 0 Å². The fraction of sp³-hybridized carbons (Fsp3) is 0.100. The maximum Gasteiger partial charge on any atom is 0.356 e. The van der Waals surface area contributed by atoms with E-state index in [9.17, 15) is 19.8 Å². The summed E-state index contributed by atoms with van der Waals surface area (Å²) in [5.74, 6) is -2.77. The van der Waals surface area contributed by atoms with Crippen molar-refractivity contribution in [1.82, 2.24) is 4.57 Å². The van der Waals surface area contributed by atoms with E-state index in [-0.39, 0.29) is 30.2 Å². The van der Waals surface area contributed by atoms with Crippen molar-refractivity contribution in [1.29, 1.82) is 0 Å². The van der Waals surface area contributed by atoms with Gasteiger partial charge in [0.05, 0.1) is 10.0 Å². The number of rotatable bonds is 7. The van der Waals surface area contributed by atoms with Gasteiger partial charge in [-0.3, -0.25) is 0 Å².